The van der Waals surface area contributed by atoms with Gasteiger partial charge in [-0.2, -0.15) is 5.10 Å². The van der Waals surface area contributed by atoms with Crippen LogP contribution in [-0.2, 0) is 13.1 Å². The number of pyridine rings is 1. The molecular formula is C30H35N5O. The Morgan fingerprint density at radius 1 is 1.03 bits per heavy atom. The van der Waals surface area contributed by atoms with E-state index in [-0.39, 0.29) is 6.10 Å². The van der Waals surface area contributed by atoms with Crippen molar-refractivity contribution in [3.05, 3.63) is 83.8 Å². The van der Waals surface area contributed by atoms with Gasteiger partial charge in [0.25, 0.3) is 0 Å². The third-order valence-corrected chi connectivity index (χ3v) is 7.00. The molecule has 0 amide bonds. The highest BCUT2D eigenvalue weighted by atomic mass is 16.5. The van der Waals surface area contributed by atoms with Crippen molar-refractivity contribution in [1.29, 1.82) is 0 Å². The lowest BCUT2D eigenvalue weighted by Crippen LogP contribution is -2.32. The van der Waals surface area contributed by atoms with Gasteiger partial charge in [0.15, 0.2) is 0 Å². The van der Waals surface area contributed by atoms with Gasteiger partial charge in [0.1, 0.15) is 17.5 Å². The van der Waals surface area contributed by atoms with Crippen molar-refractivity contribution in [2.24, 2.45) is 0 Å². The summed E-state index contributed by atoms with van der Waals surface area (Å²) in [6.07, 6.45) is 3.65. The summed E-state index contributed by atoms with van der Waals surface area (Å²) in [5.41, 5.74) is 9.17. The van der Waals surface area contributed by atoms with Crippen LogP contribution in [0.3, 0.4) is 0 Å². The predicted octanol–water partition coefficient (Wildman–Crippen LogP) is 6.04. The fourth-order valence-corrected chi connectivity index (χ4v) is 5.00. The molecule has 2 aromatic carbocycles. The van der Waals surface area contributed by atoms with E-state index in [0.717, 1.165) is 53.5 Å². The predicted molar refractivity (Wildman–Crippen MR) is 147 cm³/mol. The summed E-state index contributed by atoms with van der Waals surface area (Å²) >= 11 is 0. The molecule has 1 atom stereocenters. The van der Waals surface area contributed by atoms with Gasteiger partial charge in [-0.05, 0) is 60.8 Å². The number of likely N-dealkylation sites (N-methyl/N-ethyl adjacent to an activating group) is 1. The van der Waals surface area contributed by atoms with Crippen LogP contribution < -0.4 is 15.0 Å². The van der Waals surface area contributed by atoms with E-state index in [1.54, 1.807) is 0 Å². The number of hydrogen-bond donors (Lipinski definition) is 1. The van der Waals surface area contributed by atoms with E-state index in [1.807, 2.05) is 31.6 Å². The second kappa shape index (κ2) is 10.2. The van der Waals surface area contributed by atoms with Crippen LogP contribution in [0.5, 0.6) is 5.75 Å². The van der Waals surface area contributed by atoms with Crippen LogP contribution in [0, 0.1) is 0 Å². The Kier molecular flexibility index (Phi) is 6.79. The molecule has 0 spiro atoms. The van der Waals surface area contributed by atoms with Crippen molar-refractivity contribution in [3.63, 3.8) is 0 Å². The van der Waals surface area contributed by atoms with Crippen molar-refractivity contribution in [1.82, 2.24) is 20.1 Å². The quantitative estimate of drug-likeness (QED) is 0.349. The summed E-state index contributed by atoms with van der Waals surface area (Å²) < 4.78 is 8.61. The van der Waals surface area contributed by atoms with E-state index >= 15 is 0 Å². The molecule has 0 bridgehead atoms. The van der Waals surface area contributed by atoms with Gasteiger partial charge in [0, 0.05) is 43.7 Å². The highest BCUT2D eigenvalue weighted by molar-refractivity contribution is 5.85. The van der Waals surface area contributed by atoms with Gasteiger partial charge in [-0.1, -0.05) is 44.2 Å². The van der Waals surface area contributed by atoms with Gasteiger partial charge in [0.05, 0.1) is 17.9 Å². The van der Waals surface area contributed by atoms with E-state index in [9.17, 15) is 0 Å². The lowest BCUT2D eigenvalue weighted by Gasteiger charge is -2.34. The lowest BCUT2D eigenvalue weighted by molar-refractivity contribution is 0.200. The molecule has 1 aliphatic heterocycles. The van der Waals surface area contributed by atoms with Crippen molar-refractivity contribution in [2.45, 2.75) is 45.9 Å². The van der Waals surface area contributed by atoms with Crippen LogP contribution in [0.25, 0.3) is 22.4 Å². The third kappa shape index (κ3) is 4.49. The Bertz CT molecular complexity index is 1330. The van der Waals surface area contributed by atoms with Gasteiger partial charge in [-0.25, -0.2) is 0 Å². The van der Waals surface area contributed by atoms with E-state index in [0.29, 0.717) is 5.92 Å². The summed E-state index contributed by atoms with van der Waals surface area (Å²) in [6.45, 7) is 8.92. The van der Waals surface area contributed by atoms with E-state index in [1.165, 1.54) is 16.8 Å². The van der Waals surface area contributed by atoms with Crippen LogP contribution in [0.2, 0.25) is 0 Å². The standard InChI is InChI=1S/C30H35N5O/c1-6-35-26(18-31-4)29(30(33-35)23-13-15-32-16-14-23)24-11-12-27-25(17-24)34(5)19-28(36-27)22-9-7-21(8-10-22)20(2)3/h7-17,20,28,31H,6,18-19H2,1-5H3. The van der Waals surface area contributed by atoms with Gasteiger partial charge in [-0.15, -0.1) is 0 Å². The molecule has 4 aromatic rings. The minimum Gasteiger partial charge on any atom is -0.482 e. The van der Waals surface area contributed by atoms with Crippen LogP contribution in [0.15, 0.2) is 67.0 Å². The summed E-state index contributed by atoms with van der Waals surface area (Å²) in [6, 6.07) is 19.4. The fraction of sp³-hybridized carbons (Fsp3) is 0.333. The van der Waals surface area contributed by atoms with Gasteiger partial charge in [0.2, 0.25) is 0 Å². The van der Waals surface area contributed by atoms with Crippen molar-refractivity contribution < 1.29 is 4.74 Å². The molecule has 1 N–H and O–H groups in total. The highest BCUT2D eigenvalue weighted by Gasteiger charge is 2.27. The molecule has 0 fully saturated rings. The highest BCUT2D eigenvalue weighted by Crippen LogP contribution is 2.42. The lowest BCUT2D eigenvalue weighted by atomic mass is 9.97. The molecule has 0 aliphatic carbocycles. The maximum Gasteiger partial charge on any atom is 0.143 e. The first kappa shape index (κ1) is 24.1. The first-order chi connectivity index (χ1) is 17.5. The number of benzene rings is 2. The van der Waals surface area contributed by atoms with Gasteiger partial charge < -0.3 is 15.0 Å². The summed E-state index contributed by atoms with van der Waals surface area (Å²) in [4.78, 5) is 6.50. The number of aryl methyl sites for hydroxylation is 1. The fourth-order valence-electron chi connectivity index (χ4n) is 5.00. The molecule has 5 rings (SSSR count). The largest absolute Gasteiger partial charge is 0.482 e. The van der Waals surface area contributed by atoms with Crippen molar-refractivity contribution in [3.8, 4) is 28.1 Å². The number of nitrogens with zero attached hydrogens (tertiary/aromatic N) is 4. The number of ether oxygens (including phenoxy) is 1. The number of rotatable bonds is 7. The van der Waals surface area contributed by atoms with Crippen LogP contribution in [-0.4, -0.2) is 35.4 Å². The zero-order chi connectivity index (χ0) is 25.2. The molecule has 0 saturated carbocycles. The number of anilines is 1. The molecule has 0 saturated heterocycles. The van der Waals surface area contributed by atoms with Gasteiger partial charge >= 0.3 is 0 Å². The summed E-state index contributed by atoms with van der Waals surface area (Å²) in [7, 11) is 4.12. The SMILES string of the molecule is CCn1nc(-c2ccncc2)c(-c2ccc3c(c2)N(C)CC(c2ccc(C(C)C)cc2)O3)c1CNC. The van der Waals surface area contributed by atoms with Gasteiger partial charge in [-0.3, -0.25) is 9.67 Å². The van der Waals surface area contributed by atoms with Crippen LogP contribution >= 0.6 is 0 Å². The first-order valence-electron chi connectivity index (χ1n) is 12.8. The summed E-state index contributed by atoms with van der Waals surface area (Å²) in [5, 5.41) is 8.33. The molecule has 186 valence electrons. The van der Waals surface area contributed by atoms with Crippen LogP contribution in [0.4, 0.5) is 5.69 Å². The minimum absolute atomic E-state index is 0.00429. The Hall–Kier alpha value is -3.64. The van der Waals surface area contributed by atoms with E-state index in [4.69, 9.17) is 9.84 Å². The zero-order valence-corrected chi connectivity index (χ0v) is 21.8. The first-order valence-corrected chi connectivity index (χ1v) is 12.8. The van der Waals surface area contributed by atoms with E-state index < -0.39 is 0 Å². The number of hydrogen-bond acceptors (Lipinski definition) is 5. The number of nitrogens with one attached hydrogen (secondary N) is 1. The van der Waals surface area contributed by atoms with Crippen molar-refractivity contribution >= 4 is 5.69 Å². The molecule has 6 nitrogen and oxygen atoms in total. The average Bonchev–Trinajstić information content (AvgIpc) is 3.27. The second-order valence-electron chi connectivity index (χ2n) is 9.74. The number of fused-ring (bicyclic) bond motifs is 1. The normalized spacial score (nSPS) is 15.2. The topological polar surface area (TPSA) is 55.2 Å². The van der Waals surface area contributed by atoms with Crippen LogP contribution in [0.1, 0.15) is 49.6 Å². The molecule has 1 aliphatic rings. The number of aromatic nitrogens is 3. The Labute approximate surface area is 213 Å². The Morgan fingerprint density at radius 3 is 2.44 bits per heavy atom. The average molecular weight is 482 g/mol. The molecule has 3 heterocycles. The molecule has 6 heteroatoms. The monoisotopic (exact) mass is 481 g/mol. The molecular weight excluding hydrogens is 446 g/mol. The Morgan fingerprint density at radius 2 is 1.78 bits per heavy atom. The minimum atomic E-state index is 0.00429. The Balaban J connectivity index is 1.53. The maximum absolute atomic E-state index is 6.52. The zero-order valence-electron chi connectivity index (χ0n) is 21.8. The summed E-state index contributed by atoms with van der Waals surface area (Å²) in [5.74, 6) is 1.43. The molecule has 0 radical (unpaired) electrons. The van der Waals surface area contributed by atoms with E-state index in [2.05, 4.69) is 90.2 Å². The third-order valence-electron chi connectivity index (χ3n) is 7.00. The smallest absolute Gasteiger partial charge is 0.143 e. The maximum atomic E-state index is 6.52. The molecule has 1 unspecified atom stereocenters. The molecule has 2 aromatic heterocycles. The van der Waals surface area contributed by atoms with Crippen molar-refractivity contribution in [2.75, 3.05) is 25.5 Å². The molecule has 36 heavy (non-hydrogen) atoms. The second-order valence-corrected chi connectivity index (χ2v) is 9.74.